The summed E-state index contributed by atoms with van der Waals surface area (Å²) in [6, 6.07) is 22.0. The summed E-state index contributed by atoms with van der Waals surface area (Å²) in [5, 5.41) is 0. The highest BCUT2D eigenvalue weighted by molar-refractivity contribution is 5.32. The van der Waals surface area contributed by atoms with Gasteiger partial charge >= 0.3 is 0 Å². The lowest BCUT2D eigenvalue weighted by Gasteiger charge is -2.18. The molecular weight excluding hydrogens is 264 g/mol. The van der Waals surface area contributed by atoms with Crippen LogP contribution in [0.2, 0.25) is 0 Å². The average molecular weight is 294 g/mol. The van der Waals surface area contributed by atoms with Crippen LogP contribution in [0.25, 0.3) is 0 Å². The van der Waals surface area contributed by atoms with E-state index in [-0.39, 0.29) is 0 Å². The second kappa shape index (κ2) is 9.46. The maximum atomic E-state index is 2.32. The second-order valence-corrected chi connectivity index (χ2v) is 6.76. The molecule has 0 aliphatic heterocycles. The predicted molar refractivity (Wildman–Crippen MR) is 97.3 cm³/mol. The summed E-state index contributed by atoms with van der Waals surface area (Å²) in [4.78, 5) is 0. The fourth-order valence-corrected chi connectivity index (χ4v) is 3.15. The molecule has 0 unspecified atom stereocenters. The first kappa shape index (κ1) is 16.8. The van der Waals surface area contributed by atoms with Crippen molar-refractivity contribution in [1.82, 2.24) is 0 Å². The minimum atomic E-state index is 0.549. The van der Waals surface area contributed by atoms with Gasteiger partial charge in [0.15, 0.2) is 0 Å². The Labute approximate surface area is 136 Å². The minimum Gasteiger partial charge on any atom is -0.0628 e. The van der Waals surface area contributed by atoms with Gasteiger partial charge in [0.1, 0.15) is 0 Å². The Kier molecular flexibility index (Phi) is 7.22. The van der Waals surface area contributed by atoms with Crippen molar-refractivity contribution < 1.29 is 0 Å². The summed E-state index contributed by atoms with van der Waals surface area (Å²) >= 11 is 0. The van der Waals surface area contributed by atoms with E-state index in [0.29, 0.717) is 5.92 Å². The minimum absolute atomic E-state index is 0.549. The zero-order valence-corrected chi connectivity index (χ0v) is 14.2. The summed E-state index contributed by atoms with van der Waals surface area (Å²) in [5.41, 5.74) is 2.91. The van der Waals surface area contributed by atoms with Crippen LogP contribution >= 0.6 is 0 Å². The SMILES string of the molecule is CC(C)CCCCCCC(c1ccccc1)c1ccccc1. The monoisotopic (exact) mass is 294 g/mol. The number of hydrogen-bond donors (Lipinski definition) is 0. The number of benzene rings is 2. The quantitative estimate of drug-likeness (QED) is 0.445. The topological polar surface area (TPSA) is 0 Å². The molecular formula is C22H30. The van der Waals surface area contributed by atoms with Gasteiger partial charge in [0.25, 0.3) is 0 Å². The van der Waals surface area contributed by atoms with Gasteiger partial charge in [-0.3, -0.25) is 0 Å². The molecule has 0 heteroatoms. The Morgan fingerprint density at radius 2 is 1.05 bits per heavy atom. The van der Waals surface area contributed by atoms with Gasteiger partial charge in [-0.05, 0) is 23.5 Å². The van der Waals surface area contributed by atoms with E-state index >= 15 is 0 Å². The molecule has 0 bridgehead atoms. The highest BCUT2D eigenvalue weighted by atomic mass is 14.2. The molecule has 0 atom stereocenters. The first-order valence-electron chi connectivity index (χ1n) is 8.87. The van der Waals surface area contributed by atoms with Gasteiger partial charge in [0, 0.05) is 5.92 Å². The predicted octanol–water partition coefficient (Wildman–Crippen LogP) is 6.82. The van der Waals surface area contributed by atoms with Crippen LogP contribution in [0.5, 0.6) is 0 Å². The first-order chi connectivity index (χ1) is 10.8. The highest BCUT2D eigenvalue weighted by Gasteiger charge is 2.13. The van der Waals surface area contributed by atoms with Crippen molar-refractivity contribution in [3.63, 3.8) is 0 Å². The van der Waals surface area contributed by atoms with Crippen molar-refractivity contribution in [2.45, 2.75) is 58.3 Å². The van der Waals surface area contributed by atoms with E-state index in [0.717, 1.165) is 5.92 Å². The molecule has 0 amide bonds. The molecule has 0 heterocycles. The number of unbranched alkanes of at least 4 members (excludes halogenated alkanes) is 3. The number of hydrogen-bond acceptors (Lipinski definition) is 0. The third-order valence-electron chi connectivity index (χ3n) is 4.43. The molecule has 0 aromatic heterocycles. The van der Waals surface area contributed by atoms with Gasteiger partial charge in [-0.15, -0.1) is 0 Å². The molecule has 0 spiro atoms. The Hall–Kier alpha value is -1.56. The molecule has 2 aromatic carbocycles. The Morgan fingerprint density at radius 1 is 0.591 bits per heavy atom. The van der Waals surface area contributed by atoms with Crippen LogP contribution in [-0.4, -0.2) is 0 Å². The standard InChI is InChI=1S/C22H30/c1-19(2)13-7-3-4-12-18-22(20-14-8-5-9-15-20)21-16-10-6-11-17-21/h5-6,8-11,14-17,19,22H,3-4,7,12-13,18H2,1-2H3. The molecule has 0 aliphatic rings. The van der Waals surface area contributed by atoms with Crippen molar-refractivity contribution in [2.75, 3.05) is 0 Å². The summed E-state index contributed by atoms with van der Waals surface area (Å²) in [7, 11) is 0. The Morgan fingerprint density at radius 3 is 1.50 bits per heavy atom. The van der Waals surface area contributed by atoms with Crippen molar-refractivity contribution in [1.29, 1.82) is 0 Å². The smallest absolute Gasteiger partial charge is 0.00893 e. The number of rotatable bonds is 9. The largest absolute Gasteiger partial charge is 0.0628 e. The van der Waals surface area contributed by atoms with Crippen LogP contribution in [-0.2, 0) is 0 Å². The first-order valence-corrected chi connectivity index (χ1v) is 8.87. The van der Waals surface area contributed by atoms with E-state index < -0.39 is 0 Å². The van der Waals surface area contributed by atoms with Crippen LogP contribution in [0.4, 0.5) is 0 Å². The third-order valence-corrected chi connectivity index (χ3v) is 4.43. The fourth-order valence-electron chi connectivity index (χ4n) is 3.15. The summed E-state index contributed by atoms with van der Waals surface area (Å²) < 4.78 is 0. The lowest BCUT2D eigenvalue weighted by Crippen LogP contribution is -2.01. The van der Waals surface area contributed by atoms with Crippen LogP contribution < -0.4 is 0 Å². The van der Waals surface area contributed by atoms with Crippen molar-refractivity contribution in [3.05, 3.63) is 71.8 Å². The fraction of sp³-hybridized carbons (Fsp3) is 0.455. The van der Waals surface area contributed by atoms with Crippen molar-refractivity contribution >= 4 is 0 Å². The molecule has 0 N–H and O–H groups in total. The maximum absolute atomic E-state index is 2.32. The molecule has 22 heavy (non-hydrogen) atoms. The van der Waals surface area contributed by atoms with Gasteiger partial charge < -0.3 is 0 Å². The molecule has 0 saturated carbocycles. The van der Waals surface area contributed by atoms with E-state index in [2.05, 4.69) is 74.5 Å². The van der Waals surface area contributed by atoms with E-state index in [9.17, 15) is 0 Å². The van der Waals surface area contributed by atoms with Crippen LogP contribution in [0.3, 0.4) is 0 Å². The maximum Gasteiger partial charge on any atom is 0.00893 e. The van der Waals surface area contributed by atoms with Gasteiger partial charge in [-0.2, -0.15) is 0 Å². The van der Waals surface area contributed by atoms with Gasteiger partial charge in [0.05, 0.1) is 0 Å². The highest BCUT2D eigenvalue weighted by Crippen LogP contribution is 2.30. The summed E-state index contributed by atoms with van der Waals surface area (Å²) in [5.74, 6) is 1.40. The Bertz CT molecular complexity index is 459. The van der Waals surface area contributed by atoms with Gasteiger partial charge in [-0.25, -0.2) is 0 Å². The van der Waals surface area contributed by atoms with Crippen LogP contribution in [0, 0.1) is 5.92 Å². The van der Waals surface area contributed by atoms with Gasteiger partial charge in [-0.1, -0.05) is 107 Å². The molecule has 118 valence electrons. The molecule has 0 aliphatic carbocycles. The zero-order chi connectivity index (χ0) is 15.6. The molecule has 0 radical (unpaired) electrons. The average Bonchev–Trinajstić information content (AvgIpc) is 2.55. The Balaban J connectivity index is 1.89. The third kappa shape index (κ3) is 5.67. The van der Waals surface area contributed by atoms with Gasteiger partial charge in [0.2, 0.25) is 0 Å². The normalized spacial score (nSPS) is 11.3. The van der Waals surface area contributed by atoms with E-state index in [4.69, 9.17) is 0 Å². The molecule has 2 rings (SSSR count). The summed E-state index contributed by atoms with van der Waals surface area (Å²) in [6.45, 7) is 4.64. The molecule has 0 saturated heterocycles. The van der Waals surface area contributed by atoms with Crippen LogP contribution in [0.1, 0.15) is 69.4 Å². The summed E-state index contributed by atoms with van der Waals surface area (Å²) in [6.07, 6.45) is 8.10. The van der Waals surface area contributed by atoms with E-state index in [1.807, 2.05) is 0 Å². The molecule has 0 nitrogen and oxygen atoms in total. The van der Waals surface area contributed by atoms with Crippen molar-refractivity contribution in [2.24, 2.45) is 5.92 Å². The van der Waals surface area contributed by atoms with Crippen molar-refractivity contribution in [3.8, 4) is 0 Å². The lowest BCUT2D eigenvalue weighted by atomic mass is 9.87. The van der Waals surface area contributed by atoms with Crippen LogP contribution in [0.15, 0.2) is 60.7 Å². The zero-order valence-electron chi connectivity index (χ0n) is 14.2. The second-order valence-electron chi connectivity index (χ2n) is 6.76. The molecule has 2 aromatic rings. The van der Waals surface area contributed by atoms with E-state index in [1.54, 1.807) is 0 Å². The van der Waals surface area contributed by atoms with E-state index in [1.165, 1.54) is 49.7 Å². The lowest BCUT2D eigenvalue weighted by molar-refractivity contribution is 0.509. The molecule has 0 fully saturated rings.